The van der Waals surface area contributed by atoms with E-state index in [4.69, 9.17) is 14.2 Å². The first-order valence-electron chi connectivity index (χ1n) is 8.63. The minimum Gasteiger partial charge on any atom is -0.493 e. The van der Waals surface area contributed by atoms with Gasteiger partial charge in [0.25, 0.3) is 5.91 Å². The summed E-state index contributed by atoms with van der Waals surface area (Å²) in [5.41, 5.74) is 6.15. The van der Waals surface area contributed by atoms with Gasteiger partial charge < -0.3 is 14.2 Å². The zero-order chi connectivity index (χ0) is 19.6. The summed E-state index contributed by atoms with van der Waals surface area (Å²) < 4.78 is 16.1. The van der Waals surface area contributed by atoms with Gasteiger partial charge >= 0.3 is 0 Å². The van der Waals surface area contributed by atoms with Crippen LogP contribution in [0.4, 0.5) is 0 Å². The summed E-state index contributed by atoms with van der Waals surface area (Å²) >= 11 is 0. The molecule has 0 saturated carbocycles. The minimum absolute atomic E-state index is 0.112. The Kier molecular flexibility index (Phi) is 7.49. The van der Waals surface area contributed by atoms with Crippen molar-refractivity contribution in [3.8, 4) is 17.2 Å². The number of ether oxygens (including phenoxy) is 3. The predicted molar refractivity (Wildman–Crippen MR) is 101 cm³/mol. The molecule has 0 fully saturated rings. The van der Waals surface area contributed by atoms with E-state index >= 15 is 0 Å². The molecule has 0 radical (unpaired) electrons. The van der Waals surface area contributed by atoms with Crippen LogP contribution in [-0.2, 0) is 4.79 Å². The van der Waals surface area contributed by atoms with E-state index in [9.17, 15) is 9.59 Å². The Hall–Kier alpha value is -3.22. The van der Waals surface area contributed by atoms with Gasteiger partial charge in [-0.05, 0) is 49.7 Å². The van der Waals surface area contributed by atoms with Crippen molar-refractivity contribution in [3.63, 3.8) is 0 Å². The number of carbonyl (C=O) groups excluding carboxylic acids is 2. The summed E-state index contributed by atoms with van der Waals surface area (Å²) in [6.45, 7) is 4.52. The first kappa shape index (κ1) is 20.1. The monoisotopic (exact) mass is 372 g/mol. The van der Waals surface area contributed by atoms with Crippen LogP contribution in [0, 0.1) is 6.92 Å². The molecule has 7 heteroatoms. The van der Waals surface area contributed by atoms with Crippen molar-refractivity contribution in [3.05, 3.63) is 53.6 Å². The van der Waals surface area contributed by atoms with Crippen LogP contribution in [0.15, 0.2) is 42.5 Å². The van der Waals surface area contributed by atoms with E-state index in [1.165, 1.54) is 7.11 Å². The molecule has 0 atom stereocenters. The summed E-state index contributed by atoms with van der Waals surface area (Å²) in [5, 5.41) is 0. The van der Waals surface area contributed by atoms with E-state index in [2.05, 4.69) is 10.9 Å². The van der Waals surface area contributed by atoms with Crippen molar-refractivity contribution in [2.24, 2.45) is 0 Å². The fourth-order valence-electron chi connectivity index (χ4n) is 2.31. The van der Waals surface area contributed by atoms with E-state index in [0.29, 0.717) is 29.4 Å². The van der Waals surface area contributed by atoms with Gasteiger partial charge in [0, 0.05) is 5.56 Å². The number of aryl methyl sites for hydroxylation is 1. The number of methoxy groups -OCH3 is 1. The zero-order valence-corrected chi connectivity index (χ0v) is 15.7. The maximum atomic E-state index is 12.2. The molecule has 0 aliphatic rings. The number of hydrazine groups is 1. The van der Waals surface area contributed by atoms with Crippen LogP contribution in [-0.4, -0.2) is 32.1 Å². The number of carbonyl (C=O) groups is 2. The highest BCUT2D eigenvalue weighted by Crippen LogP contribution is 2.27. The van der Waals surface area contributed by atoms with Crippen molar-refractivity contribution in [1.82, 2.24) is 10.9 Å². The lowest BCUT2D eigenvalue weighted by molar-refractivity contribution is -0.122. The third-order valence-electron chi connectivity index (χ3n) is 3.63. The average molecular weight is 372 g/mol. The Balaban J connectivity index is 1.79. The lowest BCUT2D eigenvalue weighted by atomic mass is 10.2. The number of hydrogen-bond donors (Lipinski definition) is 2. The van der Waals surface area contributed by atoms with Gasteiger partial charge in [-0.3, -0.25) is 20.4 Å². The SMILES string of the molecule is CCOc1ccc(C(=O)NNC(=O)CCOc2cccc(C)c2)cc1OC. The van der Waals surface area contributed by atoms with Crippen LogP contribution in [0.25, 0.3) is 0 Å². The second kappa shape index (κ2) is 10.1. The van der Waals surface area contributed by atoms with E-state index in [1.54, 1.807) is 18.2 Å². The second-order valence-corrected chi connectivity index (χ2v) is 5.72. The molecule has 2 aromatic carbocycles. The summed E-state index contributed by atoms with van der Waals surface area (Å²) in [6, 6.07) is 12.4. The van der Waals surface area contributed by atoms with E-state index in [1.807, 2.05) is 38.1 Å². The van der Waals surface area contributed by atoms with Crippen molar-refractivity contribution >= 4 is 11.8 Å². The smallest absolute Gasteiger partial charge is 0.269 e. The van der Waals surface area contributed by atoms with Gasteiger partial charge in [0.1, 0.15) is 5.75 Å². The third kappa shape index (κ3) is 6.22. The Morgan fingerprint density at radius 3 is 2.52 bits per heavy atom. The average Bonchev–Trinajstić information content (AvgIpc) is 2.66. The number of benzene rings is 2. The first-order valence-corrected chi connectivity index (χ1v) is 8.63. The molecule has 0 unspecified atom stereocenters. The molecule has 7 nitrogen and oxygen atoms in total. The maximum absolute atomic E-state index is 12.2. The van der Waals surface area contributed by atoms with E-state index in [0.717, 1.165) is 5.56 Å². The Morgan fingerprint density at radius 2 is 1.81 bits per heavy atom. The number of amides is 2. The highest BCUT2D eigenvalue weighted by molar-refractivity contribution is 5.96. The van der Waals surface area contributed by atoms with Gasteiger partial charge in [-0.2, -0.15) is 0 Å². The lowest BCUT2D eigenvalue weighted by Crippen LogP contribution is -2.42. The molecule has 27 heavy (non-hydrogen) atoms. The standard InChI is InChI=1S/C20H24N2O5/c1-4-26-17-9-8-15(13-18(17)25-3)20(24)22-21-19(23)10-11-27-16-7-5-6-14(2)12-16/h5-9,12-13H,4,10-11H2,1-3H3,(H,21,23)(H,22,24). The molecule has 0 aliphatic carbocycles. The molecule has 2 aromatic rings. The van der Waals surface area contributed by atoms with Crippen molar-refractivity contribution in [2.45, 2.75) is 20.3 Å². The van der Waals surface area contributed by atoms with Crippen molar-refractivity contribution < 1.29 is 23.8 Å². The van der Waals surface area contributed by atoms with Gasteiger partial charge in [-0.25, -0.2) is 0 Å². The van der Waals surface area contributed by atoms with Crippen LogP contribution in [0.5, 0.6) is 17.2 Å². The number of rotatable bonds is 8. The molecule has 2 amide bonds. The molecule has 0 aliphatic heterocycles. The molecular formula is C20H24N2O5. The van der Waals surface area contributed by atoms with Crippen LogP contribution < -0.4 is 25.1 Å². The highest BCUT2D eigenvalue weighted by Gasteiger charge is 2.12. The van der Waals surface area contributed by atoms with Gasteiger partial charge in [-0.15, -0.1) is 0 Å². The Morgan fingerprint density at radius 1 is 1.00 bits per heavy atom. The Labute approximate surface area is 158 Å². The van der Waals surface area contributed by atoms with Gasteiger partial charge in [0.05, 0.1) is 26.7 Å². The molecule has 0 spiro atoms. The molecule has 2 rings (SSSR count). The van der Waals surface area contributed by atoms with Crippen molar-refractivity contribution in [1.29, 1.82) is 0 Å². The van der Waals surface area contributed by atoms with Crippen LogP contribution in [0.3, 0.4) is 0 Å². The molecule has 0 heterocycles. The largest absolute Gasteiger partial charge is 0.493 e. The molecule has 0 saturated heterocycles. The summed E-state index contributed by atoms with van der Waals surface area (Å²) in [5.74, 6) is 0.891. The number of nitrogens with one attached hydrogen (secondary N) is 2. The zero-order valence-electron chi connectivity index (χ0n) is 15.7. The second-order valence-electron chi connectivity index (χ2n) is 5.72. The normalized spacial score (nSPS) is 10.0. The molecule has 2 N–H and O–H groups in total. The van der Waals surface area contributed by atoms with Gasteiger partial charge in [0.2, 0.25) is 5.91 Å². The third-order valence-corrected chi connectivity index (χ3v) is 3.63. The van der Waals surface area contributed by atoms with E-state index in [-0.39, 0.29) is 18.9 Å². The van der Waals surface area contributed by atoms with Gasteiger partial charge in [-0.1, -0.05) is 12.1 Å². The van der Waals surface area contributed by atoms with Crippen LogP contribution >= 0.6 is 0 Å². The summed E-state index contributed by atoms with van der Waals surface area (Å²) in [6.07, 6.45) is 0.112. The maximum Gasteiger partial charge on any atom is 0.269 e. The fourth-order valence-corrected chi connectivity index (χ4v) is 2.31. The van der Waals surface area contributed by atoms with E-state index < -0.39 is 5.91 Å². The van der Waals surface area contributed by atoms with Crippen LogP contribution in [0.2, 0.25) is 0 Å². The molecule has 144 valence electrons. The summed E-state index contributed by atoms with van der Waals surface area (Å²) in [4.78, 5) is 24.0. The topological polar surface area (TPSA) is 85.9 Å². The fraction of sp³-hybridized carbons (Fsp3) is 0.300. The Bertz CT molecular complexity index is 792. The van der Waals surface area contributed by atoms with Gasteiger partial charge in [0.15, 0.2) is 11.5 Å². The highest BCUT2D eigenvalue weighted by atomic mass is 16.5. The minimum atomic E-state index is -0.454. The molecule has 0 bridgehead atoms. The number of hydrogen-bond acceptors (Lipinski definition) is 5. The lowest BCUT2D eigenvalue weighted by Gasteiger charge is -2.12. The molecular weight excluding hydrogens is 348 g/mol. The quantitative estimate of drug-likeness (QED) is 0.696. The summed E-state index contributed by atoms with van der Waals surface area (Å²) in [7, 11) is 1.50. The first-order chi connectivity index (χ1) is 13.0. The molecule has 0 aromatic heterocycles. The predicted octanol–water partition coefficient (Wildman–Crippen LogP) is 2.63. The van der Waals surface area contributed by atoms with Crippen LogP contribution in [0.1, 0.15) is 29.3 Å². The van der Waals surface area contributed by atoms with Crippen molar-refractivity contribution in [2.75, 3.05) is 20.3 Å².